The highest BCUT2D eigenvalue weighted by Gasteiger charge is 2.41. The van der Waals surface area contributed by atoms with Gasteiger partial charge in [0.15, 0.2) is 0 Å². The molecule has 6 heteroatoms. The molecule has 0 radical (unpaired) electrons. The minimum Gasteiger partial charge on any atom is -0.368 e. The first-order chi connectivity index (χ1) is 9.55. The highest BCUT2D eigenvalue weighted by atomic mass is 32.2. The van der Waals surface area contributed by atoms with E-state index in [4.69, 9.17) is 5.73 Å². The van der Waals surface area contributed by atoms with Gasteiger partial charge in [-0.1, -0.05) is 6.92 Å². The summed E-state index contributed by atoms with van der Waals surface area (Å²) in [5.41, 5.74) is 5.16. The molecule has 1 saturated carbocycles. The topological polar surface area (TPSA) is 72.9 Å². The van der Waals surface area contributed by atoms with Gasteiger partial charge in [0, 0.05) is 23.4 Å². The van der Waals surface area contributed by atoms with E-state index in [0.29, 0.717) is 5.25 Å². The van der Waals surface area contributed by atoms with Gasteiger partial charge in [-0.3, -0.25) is 9.48 Å². The van der Waals surface area contributed by atoms with Gasteiger partial charge >= 0.3 is 0 Å². The van der Waals surface area contributed by atoms with Crippen LogP contribution in [-0.4, -0.2) is 33.0 Å². The summed E-state index contributed by atoms with van der Waals surface area (Å²) >= 11 is 1.81. The van der Waals surface area contributed by atoms with Crippen molar-refractivity contribution in [2.45, 2.75) is 54.7 Å². The van der Waals surface area contributed by atoms with Crippen LogP contribution in [0.5, 0.6) is 0 Å². The van der Waals surface area contributed by atoms with Crippen molar-refractivity contribution in [1.29, 1.82) is 0 Å². The molecule has 0 saturated heterocycles. The number of rotatable bonds is 6. The monoisotopic (exact) mass is 296 g/mol. The molecule has 1 fully saturated rings. The minimum atomic E-state index is -0.520. The van der Waals surface area contributed by atoms with Gasteiger partial charge in [0.25, 0.3) is 0 Å². The van der Waals surface area contributed by atoms with Crippen LogP contribution in [0.3, 0.4) is 0 Å². The van der Waals surface area contributed by atoms with E-state index in [0.717, 1.165) is 43.5 Å². The van der Waals surface area contributed by atoms with E-state index in [9.17, 15) is 4.79 Å². The van der Waals surface area contributed by atoms with Gasteiger partial charge in [0.2, 0.25) is 5.91 Å². The Morgan fingerprint density at radius 1 is 1.70 bits per heavy atom. The molecule has 0 aromatic carbocycles. The van der Waals surface area contributed by atoms with Gasteiger partial charge in [-0.05, 0) is 38.6 Å². The molecule has 1 aliphatic rings. The molecule has 0 aliphatic heterocycles. The standard InChI is InChI=1S/C14H24N4OS/c1-3-7-16-14(13(15)19)6-4-5-11(8-14)20-12-9-17-18(2)10-12/h9-11,16H,3-8H2,1-2H3,(H2,15,19). The highest BCUT2D eigenvalue weighted by molar-refractivity contribution is 8.00. The van der Waals surface area contributed by atoms with Crippen molar-refractivity contribution in [2.24, 2.45) is 12.8 Å². The third kappa shape index (κ3) is 3.55. The molecule has 0 bridgehead atoms. The van der Waals surface area contributed by atoms with Gasteiger partial charge < -0.3 is 11.1 Å². The lowest BCUT2D eigenvalue weighted by atomic mass is 9.80. The number of hydrogen-bond acceptors (Lipinski definition) is 4. The van der Waals surface area contributed by atoms with Crippen LogP contribution in [0.2, 0.25) is 0 Å². The number of carbonyl (C=O) groups is 1. The van der Waals surface area contributed by atoms with Crippen LogP contribution in [0.4, 0.5) is 0 Å². The molecule has 3 N–H and O–H groups in total. The molecule has 2 rings (SSSR count). The van der Waals surface area contributed by atoms with Gasteiger partial charge in [-0.15, -0.1) is 11.8 Å². The number of nitrogens with zero attached hydrogens (tertiary/aromatic N) is 2. The summed E-state index contributed by atoms with van der Waals surface area (Å²) in [6.07, 6.45) is 8.74. The zero-order chi connectivity index (χ0) is 14.6. The molecule has 2 unspecified atom stereocenters. The van der Waals surface area contributed by atoms with E-state index in [1.165, 1.54) is 0 Å². The normalized spacial score (nSPS) is 26.6. The Kier molecular flexibility index (Phi) is 5.10. The van der Waals surface area contributed by atoms with Crippen LogP contribution < -0.4 is 11.1 Å². The van der Waals surface area contributed by atoms with Crippen LogP contribution in [0.25, 0.3) is 0 Å². The van der Waals surface area contributed by atoms with Crippen LogP contribution >= 0.6 is 11.8 Å². The van der Waals surface area contributed by atoms with Gasteiger partial charge in [-0.2, -0.15) is 5.10 Å². The molecule has 1 amide bonds. The van der Waals surface area contributed by atoms with Crippen molar-refractivity contribution in [2.75, 3.05) is 6.54 Å². The van der Waals surface area contributed by atoms with Crippen molar-refractivity contribution >= 4 is 17.7 Å². The molecular weight excluding hydrogens is 272 g/mol. The Labute approximate surface area is 124 Å². The molecule has 1 aromatic heterocycles. The third-order valence-corrected chi connectivity index (χ3v) is 5.09. The summed E-state index contributed by atoms with van der Waals surface area (Å²) < 4.78 is 1.81. The fourth-order valence-electron chi connectivity index (χ4n) is 2.81. The van der Waals surface area contributed by atoms with Gasteiger partial charge in [0.1, 0.15) is 0 Å². The second kappa shape index (κ2) is 6.63. The smallest absolute Gasteiger partial charge is 0.237 e. The molecule has 1 aliphatic carbocycles. The lowest BCUT2D eigenvalue weighted by Crippen LogP contribution is -2.58. The molecule has 2 atom stereocenters. The largest absolute Gasteiger partial charge is 0.368 e. The van der Waals surface area contributed by atoms with Crippen molar-refractivity contribution in [3.63, 3.8) is 0 Å². The molecule has 5 nitrogen and oxygen atoms in total. The minimum absolute atomic E-state index is 0.206. The van der Waals surface area contributed by atoms with Crippen molar-refractivity contribution in [3.05, 3.63) is 12.4 Å². The van der Waals surface area contributed by atoms with E-state index >= 15 is 0 Å². The van der Waals surface area contributed by atoms with Crippen molar-refractivity contribution in [1.82, 2.24) is 15.1 Å². The maximum Gasteiger partial charge on any atom is 0.237 e. The Morgan fingerprint density at radius 2 is 2.50 bits per heavy atom. The number of hydrogen-bond donors (Lipinski definition) is 2. The van der Waals surface area contributed by atoms with Gasteiger partial charge in [-0.25, -0.2) is 0 Å². The molecule has 1 aromatic rings. The fourth-order valence-corrected chi connectivity index (χ4v) is 4.17. The van der Waals surface area contributed by atoms with E-state index in [1.54, 1.807) is 0 Å². The summed E-state index contributed by atoms with van der Waals surface area (Å²) in [5.74, 6) is -0.206. The first-order valence-electron chi connectivity index (χ1n) is 7.26. The lowest BCUT2D eigenvalue weighted by Gasteiger charge is -2.39. The Hall–Kier alpha value is -1.01. The summed E-state index contributed by atoms with van der Waals surface area (Å²) in [4.78, 5) is 13.1. The van der Waals surface area contributed by atoms with Crippen molar-refractivity contribution < 1.29 is 4.79 Å². The Bertz CT molecular complexity index is 462. The highest BCUT2D eigenvalue weighted by Crippen LogP contribution is 2.38. The first-order valence-corrected chi connectivity index (χ1v) is 8.14. The summed E-state index contributed by atoms with van der Waals surface area (Å²) in [6.45, 7) is 2.94. The van der Waals surface area contributed by atoms with Crippen LogP contribution in [0.1, 0.15) is 39.0 Å². The average Bonchev–Trinajstić information content (AvgIpc) is 2.82. The molecule has 112 valence electrons. The van der Waals surface area contributed by atoms with Crippen LogP contribution in [-0.2, 0) is 11.8 Å². The predicted octanol–water partition coefficient (Wildman–Crippen LogP) is 1.68. The number of nitrogens with two attached hydrogens (primary N) is 1. The van der Waals surface area contributed by atoms with Crippen LogP contribution in [0.15, 0.2) is 17.3 Å². The molecule has 20 heavy (non-hydrogen) atoms. The molecule has 1 heterocycles. The zero-order valence-electron chi connectivity index (χ0n) is 12.3. The Morgan fingerprint density at radius 3 is 3.10 bits per heavy atom. The third-order valence-electron chi connectivity index (χ3n) is 3.87. The average molecular weight is 296 g/mol. The second-order valence-corrected chi connectivity index (χ2v) is 6.93. The SMILES string of the molecule is CCCNC1(C(N)=O)CCCC(Sc2cnn(C)c2)C1. The summed E-state index contributed by atoms with van der Waals surface area (Å²) in [5, 5.41) is 8.01. The lowest BCUT2D eigenvalue weighted by molar-refractivity contribution is -0.125. The summed E-state index contributed by atoms with van der Waals surface area (Å²) in [6, 6.07) is 0. The van der Waals surface area contributed by atoms with E-state index < -0.39 is 5.54 Å². The number of primary amides is 1. The number of nitrogens with one attached hydrogen (secondary N) is 1. The van der Waals surface area contributed by atoms with Crippen LogP contribution in [0, 0.1) is 0 Å². The quantitative estimate of drug-likeness (QED) is 0.837. The van der Waals surface area contributed by atoms with Gasteiger partial charge in [0.05, 0.1) is 11.7 Å². The maximum atomic E-state index is 11.9. The number of thioether (sulfide) groups is 1. The molecule has 0 spiro atoms. The van der Waals surface area contributed by atoms with E-state index in [-0.39, 0.29) is 5.91 Å². The molecular formula is C14H24N4OS. The fraction of sp³-hybridized carbons (Fsp3) is 0.714. The zero-order valence-corrected chi connectivity index (χ0v) is 13.1. The number of aromatic nitrogens is 2. The Balaban J connectivity index is 2.03. The second-order valence-electron chi connectivity index (χ2n) is 5.56. The summed E-state index contributed by atoms with van der Waals surface area (Å²) in [7, 11) is 1.92. The van der Waals surface area contributed by atoms with E-state index in [1.807, 2.05) is 35.9 Å². The van der Waals surface area contributed by atoms with E-state index in [2.05, 4.69) is 17.3 Å². The number of amides is 1. The predicted molar refractivity (Wildman–Crippen MR) is 81.5 cm³/mol. The maximum absolute atomic E-state index is 11.9. The van der Waals surface area contributed by atoms with Crippen molar-refractivity contribution in [3.8, 4) is 0 Å². The number of carbonyl (C=O) groups excluding carboxylic acids is 1. The number of aryl methyl sites for hydroxylation is 1. The first kappa shape index (κ1) is 15.4.